The Morgan fingerprint density at radius 1 is 1.14 bits per heavy atom. The Bertz CT molecular complexity index is 659. The van der Waals surface area contributed by atoms with Gasteiger partial charge in [0.1, 0.15) is 0 Å². The van der Waals surface area contributed by atoms with Gasteiger partial charge in [0.15, 0.2) is 5.69 Å². The lowest BCUT2D eigenvalue weighted by atomic mass is 10.0. The minimum atomic E-state index is -4.44. The number of nitrogens with zero attached hydrogens (tertiary/aromatic N) is 3. The first kappa shape index (κ1) is 16.4. The summed E-state index contributed by atoms with van der Waals surface area (Å²) in [5.74, 6) is 0. The van der Waals surface area contributed by atoms with E-state index in [1.54, 1.807) is 6.07 Å². The Hall–Kier alpha value is -1.98. The average molecular weight is 311 g/mol. The van der Waals surface area contributed by atoms with Crippen molar-refractivity contribution in [1.82, 2.24) is 9.78 Å². The Morgan fingerprint density at radius 3 is 2.45 bits per heavy atom. The summed E-state index contributed by atoms with van der Waals surface area (Å²) >= 11 is 0. The molecule has 0 radical (unpaired) electrons. The maximum Gasteiger partial charge on any atom is 0.435 e. The molecule has 0 amide bonds. The number of alkyl halides is 3. The highest BCUT2D eigenvalue weighted by atomic mass is 19.4. The Balaban J connectivity index is 0.000000847. The summed E-state index contributed by atoms with van der Waals surface area (Å²) in [4.78, 5) is 2.10. The van der Waals surface area contributed by atoms with Crippen molar-refractivity contribution in [3.05, 3.63) is 35.7 Å². The fourth-order valence-corrected chi connectivity index (χ4v) is 2.64. The van der Waals surface area contributed by atoms with Crippen molar-refractivity contribution in [2.45, 2.75) is 26.4 Å². The molecule has 0 aliphatic carbocycles. The van der Waals surface area contributed by atoms with Gasteiger partial charge in [-0.15, -0.1) is 0 Å². The van der Waals surface area contributed by atoms with Crippen LogP contribution >= 0.6 is 0 Å². The number of anilines is 1. The van der Waals surface area contributed by atoms with E-state index >= 15 is 0 Å². The van der Waals surface area contributed by atoms with Crippen LogP contribution in [0, 0.1) is 0 Å². The summed E-state index contributed by atoms with van der Waals surface area (Å²) < 4.78 is 40.2. The largest absolute Gasteiger partial charge is 0.435 e. The lowest BCUT2D eigenvalue weighted by Gasteiger charge is -2.12. The molecular weight excluding hydrogens is 291 g/mol. The minimum absolute atomic E-state index is 0.136. The maximum atomic E-state index is 13.0. The zero-order valence-corrected chi connectivity index (χ0v) is 13.2. The fourth-order valence-electron chi connectivity index (χ4n) is 2.64. The number of fused-ring (bicyclic) bond motifs is 1. The molecule has 1 aromatic heterocycles. The normalized spacial score (nSPS) is 13.7. The Labute approximate surface area is 128 Å². The summed E-state index contributed by atoms with van der Waals surface area (Å²) in [6, 6.07) is 5.45. The molecule has 0 unspecified atom stereocenters. The van der Waals surface area contributed by atoms with E-state index in [1.807, 2.05) is 33.0 Å². The number of likely N-dealkylation sites (N-methyl/N-ethyl adjacent to an activating group) is 1. The Kier molecular flexibility index (Phi) is 4.49. The number of benzene rings is 1. The fraction of sp³-hybridized carbons (Fsp3) is 0.438. The van der Waals surface area contributed by atoms with Crippen molar-refractivity contribution in [3.63, 3.8) is 0 Å². The van der Waals surface area contributed by atoms with Crippen LogP contribution in [0.4, 0.5) is 18.9 Å². The third kappa shape index (κ3) is 2.96. The molecule has 6 heteroatoms. The summed E-state index contributed by atoms with van der Waals surface area (Å²) in [6.45, 7) is 4.90. The number of aromatic nitrogens is 2. The molecular formula is C16H20F3N3. The van der Waals surface area contributed by atoms with Crippen molar-refractivity contribution in [1.29, 1.82) is 0 Å². The molecule has 2 aromatic rings. The van der Waals surface area contributed by atoms with Crippen LogP contribution in [0.3, 0.4) is 0 Å². The first-order chi connectivity index (χ1) is 10.4. The maximum absolute atomic E-state index is 13.0. The number of hydrogen-bond donors (Lipinski definition) is 0. The molecule has 0 saturated heterocycles. The Morgan fingerprint density at radius 2 is 1.82 bits per heavy atom. The molecule has 22 heavy (non-hydrogen) atoms. The molecule has 3 nitrogen and oxygen atoms in total. The van der Waals surface area contributed by atoms with E-state index in [2.05, 4.69) is 10.00 Å². The van der Waals surface area contributed by atoms with Gasteiger partial charge in [0.25, 0.3) is 0 Å². The summed E-state index contributed by atoms with van der Waals surface area (Å²) in [5, 5.41) is 3.55. The lowest BCUT2D eigenvalue weighted by Crippen LogP contribution is -2.12. The first-order valence-electron chi connectivity index (χ1n) is 7.31. The molecule has 120 valence electrons. The molecule has 2 heterocycles. The first-order valence-corrected chi connectivity index (χ1v) is 7.31. The summed E-state index contributed by atoms with van der Waals surface area (Å²) in [5.41, 5.74) is 2.05. The SMILES string of the molecule is CC.CN1CCc2cc(-c3cn(C)nc3C(F)(F)F)ccc21. The van der Waals surface area contributed by atoms with Crippen LogP contribution in [0.5, 0.6) is 0 Å². The zero-order chi connectivity index (χ0) is 16.5. The van der Waals surface area contributed by atoms with Gasteiger partial charge in [-0.05, 0) is 29.7 Å². The second-order valence-electron chi connectivity index (χ2n) is 5.08. The topological polar surface area (TPSA) is 21.1 Å². The van der Waals surface area contributed by atoms with Crippen molar-refractivity contribution in [3.8, 4) is 11.1 Å². The van der Waals surface area contributed by atoms with E-state index in [9.17, 15) is 13.2 Å². The molecule has 1 aromatic carbocycles. The van der Waals surface area contributed by atoms with Crippen LogP contribution in [-0.2, 0) is 19.6 Å². The van der Waals surface area contributed by atoms with Gasteiger partial charge in [0.2, 0.25) is 0 Å². The molecule has 0 bridgehead atoms. The van der Waals surface area contributed by atoms with Crippen molar-refractivity contribution >= 4 is 5.69 Å². The molecule has 0 atom stereocenters. The molecule has 0 fully saturated rings. The molecule has 0 N–H and O–H groups in total. The van der Waals surface area contributed by atoms with Crippen molar-refractivity contribution in [2.24, 2.45) is 7.05 Å². The van der Waals surface area contributed by atoms with Crippen LogP contribution in [0.1, 0.15) is 25.1 Å². The van der Waals surface area contributed by atoms with Gasteiger partial charge in [-0.3, -0.25) is 4.68 Å². The van der Waals surface area contributed by atoms with Crippen LogP contribution in [0.25, 0.3) is 11.1 Å². The van der Waals surface area contributed by atoms with E-state index in [0.29, 0.717) is 5.56 Å². The van der Waals surface area contributed by atoms with Gasteiger partial charge in [-0.2, -0.15) is 18.3 Å². The molecule has 1 aliphatic rings. The highest BCUT2D eigenvalue weighted by Gasteiger charge is 2.37. The van der Waals surface area contributed by atoms with Crippen LogP contribution in [-0.4, -0.2) is 23.4 Å². The van der Waals surface area contributed by atoms with E-state index in [0.717, 1.165) is 24.2 Å². The predicted molar refractivity (Wildman–Crippen MR) is 82.0 cm³/mol. The van der Waals surface area contributed by atoms with E-state index < -0.39 is 11.9 Å². The summed E-state index contributed by atoms with van der Waals surface area (Å²) in [6.07, 6.45) is -2.16. The third-order valence-electron chi connectivity index (χ3n) is 3.62. The second kappa shape index (κ2) is 6.02. The highest BCUT2D eigenvalue weighted by Crippen LogP contribution is 2.38. The third-order valence-corrected chi connectivity index (χ3v) is 3.62. The number of rotatable bonds is 1. The highest BCUT2D eigenvalue weighted by molar-refractivity contribution is 5.72. The predicted octanol–water partition coefficient (Wildman–Crippen LogP) is 4.12. The van der Waals surface area contributed by atoms with E-state index in [1.165, 1.54) is 17.9 Å². The van der Waals surface area contributed by atoms with Gasteiger partial charge in [-0.25, -0.2) is 0 Å². The molecule has 1 aliphatic heterocycles. The summed E-state index contributed by atoms with van der Waals surface area (Å²) in [7, 11) is 3.48. The van der Waals surface area contributed by atoms with Gasteiger partial charge in [0, 0.05) is 38.1 Å². The van der Waals surface area contributed by atoms with Gasteiger partial charge >= 0.3 is 6.18 Å². The van der Waals surface area contributed by atoms with Gasteiger partial charge in [-0.1, -0.05) is 19.9 Å². The lowest BCUT2D eigenvalue weighted by molar-refractivity contribution is -0.140. The number of hydrogen-bond acceptors (Lipinski definition) is 2. The van der Waals surface area contributed by atoms with Crippen LogP contribution < -0.4 is 4.90 Å². The molecule has 3 rings (SSSR count). The number of aryl methyl sites for hydroxylation is 1. The van der Waals surface area contributed by atoms with E-state index in [4.69, 9.17) is 0 Å². The van der Waals surface area contributed by atoms with Crippen LogP contribution in [0.2, 0.25) is 0 Å². The molecule has 0 spiro atoms. The van der Waals surface area contributed by atoms with E-state index in [-0.39, 0.29) is 5.56 Å². The monoisotopic (exact) mass is 311 g/mol. The average Bonchev–Trinajstić information content (AvgIpc) is 3.04. The second-order valence-corrected chi connectivity index (χ2v) is 5.08. The smallest absolute Gasteiger partial charge is 0.374 e. The number of halogens is 3. The standard InChI is InChI=1S/C14H14F3N3.C2H6/c1-19-6-5-10-7-9(3-4-12(10)19)11-8-20(2)18-13(11)14(15,16)17;1-2/h3-4,7-8H,5-6H2,1-2H3;1-2H3. The minimum Gasteiger partial charge on any atom is -0.374 e. The van der Waals surface area contributed by atoms with Gasteiger partial charge in [0.05, 0.1) is 0 Å². The zero-order valence-electron chi connectivity index (χ0n) is 13.2. The quantitative estimate of drug-likeness (QED) is 0.790. The van der Waals surface area contributed by atoms with Crippen molar-refractivity contribution in [2.75, 3.05) is 18.5 Å². The molecule has 0 saturated carbocycles. The van der Waals surface area contributed by atoms with Crippen LogP contribution in [0.15, 0.2) is 24.4 Å². The van der Waals surface area contributed by atoms with Crippen molar-refractivity contribution < 1.29 is 13.2 Å². The van der Waals surface area contributed by atoms with Gasteiger partial charge < -0.3 is 4.90 Å².